The highest BCUT2D eigenvalue weighted by atomic mass is 16.6. The van der Waals surface area contributed by atoms with Gasteiger partial charge in [0.15, 0.2) is 6.29 Å². The molecule has 0 aromatic heterocycles. The van der Waals surface area contributed by atoms with Crippen LogP contribution in [-0.4, -0.2) is 70.4 Å². The zero-order chi connectivity index (χ0) is 21.5. The van der Waals surface area contributed by atoms with Gasteiger partial charge in [-0.05, 0) is 6.42 Å². The summed E-state index contributed by atoms with van der Waals surface area (Å²) < 4.78 is 10.0. The fraction of sp³-hybridized carbons (Fsp3) is 0.952. The fourth-order valence-corrected chi connectivity index (χ4v) is 3.54. The maximum Gasteiger partial charge on any atom is 0.407 e. The van der Waals surface area contributed by atoms with Gasteiger partial charge in [0.05, 0.1) is 13.2 Å². The van der Waals surface area contributed by atoms with Crippen molar-refractivity contribution in [2.75, 3.05) is 13.2 Å². The van der Waals surface area contributed by atoms with Crippen molar-refractivity contribution in [3.05, 3.63) is 0 Å². The number of carbonyl (C=O) groups excluding carboxylic acids is 1. The molecule has 0 aromatic rings. The lowest BCUT2D eigenvalue weighted by atomic mass is 9.97. The van der Waals surface area contributed by atoms with E-state index in [0.29, 0.717) is 0 Å². The summed E-state index contributed by atoms with van der Waals surface area (Å²) in [6.45, 7) is 1.94. The summed E-state index contributed by atoms with van der Waals surface area (Å²) in [7, 11) is 0. The van der Waals surface area contributed by atoms with Crippen LogP contribution in [0, 0.1) is 0 Å². The zero-order valence-corrected chi connectivity index (χ0v) is 17.8. The summed E-state index contributed by atoms with van der Waals surface area (Å²) >= 11 is 0. The van der Waals surface area contributed by atoms with Crippen molar-refractivity contribution in [1.82, 2.24) is 5.32 Å². The van der Waals surface area contributed by atoms with Gasteiger partial charge >= 0.3 is 6.09 Å². The van der Waals surface area contributed by atoms with Crippen molar-refractivity contribution in [2.45, 2.75) is 115 Å². The Morgan fingerprint density at radius 1 is 0.862 bits per heavy atom. The number of hydrogen-bond acceptors (Lipinski definition) is 7. The number of alkyl carbamates (subject to hydrolysis) is 1. The van der Waals surface area contributed by atoms with Gasteiger partial charge in [0.1, 0.15) is 24.4 Å². The van der Waals surface area contributed by atoms with Crippen LogP contribution in [0.5, 0.6) is 0 Å². The minimum Gasteiger partial charge on any atom is -0.450 e. The third-order valence-electron chi connectivity index (χ3n) is 5.42. The first-order valence-electron chi connectivity index (χ1n) is 11.2. The third-order valence-corrected chi connectivity index (χ3v) is 5.42. The second-order valence-corrected chi connectivity index (χ2v) is 7.92. The van der Waals surface area contributed by atoms with Crippen molar-refractivity contribution in [2.24, 2.45) is 0 Å². The molecule has 8 heteroatoms. The summed E-state index contributed by atoms with van der Waals surface area (Å²) in [6, 6.07) is -1.22. The van der Waals surface area contributed by atoms with E-state index >= 15 is 0 Å². The molecule has 0 radical (unpaired) electrons. The number of aliphatic hydroxyl groups is 4. The Kier molecular flexibility index (Phi) is 14.3. The van der Waals surface area contributed by atoms with Gasteiger partial charge in [-0.3, -0.25) is 0 Å². The van der Waals surface area contributed by atoms with Gasteiger partial charge in [-0.1, -0.05) is 77.6 Å². The minimum atomic E-state index is -1.54. The second kappa shape index (κ2) is 15.8. The van der Waals surface area contributed by atoms with E-state index in [-0.39, 0.29) is 6.61 Å². The number of hydrogen-bond donors (Lipinski definition) is 5. The van der Waals surface area contributed by atoms with Crippen LogP contribution in [0.3, 0.4) is 0 Å². The van der Waals surface area contributed by atoms with Crippen molar-refractivity contribution in [3.63, 3.8) is 0 Å². The topological polar surface area (TPSA) is 128 Å². The van der Waals surface area contributed by atoms with Crippen LogP contribution in [0.1, 0.15) is 84.0 Å². The number of amides is 1. The molecule has 5 N–H and O–H groups in total. The van der Waals surface area contributed by atoms with Crippen LogP contribution in [0.4, 0.5) is 4.79 Å². The number of unbranched alkanes of at least 4 members (excludes halogenated alkanes) is 11. The smallest absolute Gasteiger partial charge is 0.407 e. The highest BCUT2D eigenvalue weighted by Crippen LogP contribution is 2.20. The van der Waals surface area contributed by atoms with E-state index in [0.717, 1.165) is 19.3 Å². The van der Waals surface area contributed by atoms with E-state index in [1.807, 2.05) is 0 Å². The predicted octanol–water partition coefficient (Wildman–Crippen LogP) is 2.21. The molecule has 0 aliphatic carbocycles. The Balaban J connectivity index is 2.00. The molecule has 0 spiro atoms. The molecular weight excluding hydrogens is 378 g/mol. The largest absolute Gasteiger partial charge is 0.450 e. The molecule has 1 aliphatic heterocycles. The fourth-order valence-electron chi connectivity index (χ4n) is 3.54. The first-order chi connectivity index (χ1) is 14.0. The SMILES string of the molecule is CCCCCCCCCCCCCCOC(=O)N[C@H]1C(O)O[C@H](CO)[C@@H](O)[C@@H]1O. The average Bonchev–Trinajstić information content (AvgIpc) is 2.71. The molecule has 5 atom stereocenters. The lowest BCUT2D eigenvalue weighted by Gasteiger charge is -2.39. The molecule has 1 saturated heterocycles. The monoisotopic (exact) mass is 419 g/mol. The van der Waals surface area contributed by atoms with Gasteiger partial charge in [0.2, 0.25) is 0 Å². The molecule has 1 unspecified atom stereocenters. The lowest BCUT2D eigenvalue weighted by Crippen LogP contribution is -2.64. The first-order valence-corrected chi connectivity index (χ1v) is 11.2. The molecule has 172 valence electrons. The number of nitrogens with one attached hydrogen (secondary N) is 1. The molecule has 8 nitrogen and oxygen atoms in total. The van der Waals surface area contributed by atoms with Crippen LogP contribution >= 0.6 is 0 Å². The average molecular weight is 420 g/mol. The number of aliphatic hydroxyl groups excluding tert-OH is 4. The quantitative estimate of drug-likeness (QED) is 0.257. The maximum absolute atomic E-state index is 11.8. The predicted molar refractivity (Wildman–Crippen MR) is 109 cm³/mol. The summed E-state index contributed by atoms with van der Waals surface area (Å²) in [5.74, 6) is 0. The van der Waals surface area contributed by atoms with Gasteiger partial charge in [0.25, 0.3) is 0 Å². The lowest BCUT2D eigenvalue weighted by molar-refractivity contribution is -0.253. The van der Waals surface area contributed by atoms with E-state index in [1.54, 1.807) is 0 Å². The molecule has 1 amide bonds. The Morgan fingerprint density at radius 3 is 1.90 bits per heavy atom. The van der Waals surface area contributed by atoms with Crippen molar-refractivity contribution in [1.29, 1.82) is 0 Å². The third kappa shape index (κ3) is 10.6. The standard InChI is InChI=1S/C21H41NO7/c1-2-3-4-5-6-7-8-9-10-11-12-13-14-28-21(27)22-17-19(25)18(24)16(15-23)29-20(17)26/h16-20,23-26H,2-15H2,1H3,(H,22,27)/t16-,17-,18-,19-,20?/m1/s1. The van der Waals surface area contributed by atoms with Crippen LogP contribution in [-0.2, 0) is 9.47 Å². The molecule has 0 aromatic carbocycles. The molecule has 1 heterocycles. The normalized spacial score (nSPS) is 27.0. The van der Waals surface area contributed by atoms with Gasteiger partial charge in [-0.25, -0.2) is 4.79 Å². The Hall–Kier alpha value is -0.930. The van der Waals surface area contributed by atoms with Crippen LogP contribution < -0.4 is 5.32 Å². The maximum atomic E-state index is 11.8. The molecule has 1 aliphatic rings. The van der Waals surface area contributed by atoms with Crippen LogP contribution in [0.15, 0.2) is 0 Å². The van der Waals surface area contributed by atoms with E-state index in [1.165, 1.54) is 57.8 Å². The summed E-state index contributed by atoms with van der Waals surface area (Å²) in [4.78, 5) is 11.8. The van der Waals surface area contributed by atoms with Gasteiger partial charge in [0, 0.05) is 0 Å². The summed E-state index contributed by atoms with van der Waals surface area (Å²) in [6.07, 6.45) is 8.33. The molecule has 1 rings (SSSR count). The zero-order valence-electron chi connectivity index (χ0n) is 17.8. The number of carbonyl (C=O) groups is 1. The van der Waals surface area contributed by atoms with Crippen LogP contribution in [0.25, 0.3) is 0 Å². The summed E-state index contributed by atoms with van der Waals surface area (Å²) in [5, 5.41) is 40.9. The minimum absolute atomic E-state index is 0.255. The molecule has 29 heavy (non-hydrogen) atoms. The molecule has 0 bridgehead atoms. The molecular formula is C21H41NO7. The van der Waals surface area contributed by atoms with Crippen molar-refractivity contribution in [3.8, 4) is 0 Å². The molecule has 0 saturated carbocycles. The molecule has 1 fully saturated rings. The van der Waals surface area contributed by atoms with E-state index < -0.39 is 43.3 Å². The van der Waals surface area contributed by atoms with E-state index in [2.05, 4.69) is 12.2 Å². The highest BCUT2D eigenvalue weighted by molar-refractivity contribution is 5.67. The van der Waals surface area contributed by atoms with E-state index in [9.17, 15) is 20.1 Å². The summed E-state index contributed by atoms with van der Waals surface area (Å²) in [5.41, 5.74) is 0. The van der Waals surface area contributed by atoms with Crippen LogP contribution in [0.2, 0.25) is 0 Å². The van der Waals surface area contributed by atoms with E-state index in [4.69, 9.17) is 14.6 Å². The first kappa shape index (κ1) is 26.1. The Labute approximate surface area is 174 Å². The van der Waals surface area contributed by atoms with Crippen molar-refractivity contribution >= 4 is 6.09 Å². The van der Waals surface area contributed by atoms with Gasteiger partial charge < -0.3 is 35.2 Å². The number of rotatable bonds is 15. The van der Waals surface area contributed by atoms with Gasteiger partial charge in [-0.15, -0.1) is 0 Å². The Bertz CT molecular complexity index is 424. The van der Waals surface area contributed by atoms with Gasteiger partial charge in [-0.2, -0.15) is 0 Å². The Morgan fingerprint density at radius 2 is 1.38 bits per heavy atom. The van der Waals surface area contributed by atoms with Crippen molar-refractivity contribution < 1.29 is 34.7 Å². The number of ether oxygens (including phenoxy) is 2. The highest BCUT2D eigenvalue weighted by Gasteiger charge is 2.44. The second-order valence-electron chi connectivity index (χ2n) is 7.92.